The zero-order valence-electron chi connectivity index (χ0n) is 19.1. The van der Waals surface area contributed by atoms with Crippen LogP contribution in [0.15, 0.2) is 30.3 Å². The molecule has 1 atom stereocenters. The maximum atomic E-state index is 12.2. The minimum Gasteiger partial charge on any atom is -0.466 e. The quantitative estimate of drug-likeness (QED) is 0.237. The van der Waals surface area contributed by atoms with Crippen LogP contribution in [0.5, 0.6) is 0 Å². The van der Waals surface area contributed by atoms with Crippen LogP contribution >= 0.6 is 0 Å². The van der Waals surface area contributed by atoms with E-state index in [1.54, 1.807) is 20.8 Å². The van der Waals surface area contributed by atoms with Gasteiger partial charge in [-0.15, -0.1) is 0 Å². The number of ether oxygens (including phenoxy) is 3. The topological polar surface area (TPSA) is 106 Å². The lowest BCUT2D eigenvalue weighted by Crippen LogP contribution is -2.50. The van der Waals surface area contributed by atoms with E-state index >= 15 is 0 Å². The molecule has 0 bridgehead atoms. The Morgan fingerprint density at radius 3 is 2.39 bits per heavy atom. The molecule has 2 N–H and O–H groups in total. The molecule has 31 heavy (non-hydrogen) atoms. The summed E-state index contributed by atoms with van der Waals surface area (Å²) in [5, 5.41) is 3.81. The van der Waals surface area contributed by atoms with Crippen LogP contribution in [-0.4, -0.2) is 55.0 Å². The Morgan fingerprint density at radius 2 is 1.77 bits per heavy atom. The first kappa shape index (κ1) is 26.2. The third-order valence-corrected chi connectivity index (χ3v) is 3.95. The third kappa shape index (κ3) is 12.5. The lowest BCUT2D eigenvalue weighted by atomic mass is 10.2. The molecule has 0 aromatic heterocycles. The van der Waals surface area contributed by atoms with Crippen molar-refractivity contribution in [2.75, 3.05) is 20.2 Å². The van der Waals surface area contributed by atoms with Gasteiger partial charge in [0.2, 0.25) is 0 Å². The standard InChI is InChI=1S/C22H35N3O6/c1-6-7-13-29-19(26)14-18(24-20(27)31-22(2,3)4)15-23-25(5)21(28)30-16-17-11-9-8-10-12-17/h8-12,18,23H,6-7,13-16H2,1-5H3,(H,24,27)/t18-/m1/s1. The number of hydrogen-bond donors (Lipinski definition) is 2. The van der Waals surface area contributed by atoms with Crippen LogP contribution in [0, 0.1) is 0 Å². The van der Waals surface area contributed by atoms with Crippen molar-refractivity contribution in [3.05, 3.63) is 35.9 Å². The first-order chi connectivity index (χ1) is 14.6. The first-order valence-corrected chi connectivity index (χ1v) is 10.4. The maximum Gasteiger partial charge on any atom is 0.424 e. The van der Waals surface area contributed by atoms with Gasteiger partial charge in [0.25, 0.3) is 0 Å². The fraction of sp³-hybridized carbons (Fsp3) is 0.591. The third-order valence-electron chi connectivity index (χ3n) is 3.95. The van der Waals surface area contributed by atoms with Crippen LogP contribution in [0.2, 0.25) is 0 Å². The Balaban J connectivity index is 2.57. The van der Waals surface area contributed by atoms with E-state index in [4.69, 9.17) is 14.2 Å². The average molecular weight is 438 g/mol. The highest BCUT2D eigenvalue weighted by Crippen LogP contribution is 2.08. The van der Waals surface area contributed by atoms with Gasteiger partial charge in [0.1, 0.15) is 12.2 Å². The molecule has 0 radical (unpaired) electrons. The Hall–Kier alpha value is -2.81. The fourth-order valence-corrected chi connectivity index (χ4v) is 2.37. The van der Waals surface area contributed by atoms with Crippen molar-refractivity contribution in [3.8, 4) is 0 Å². The number of nitrogens with one attached hydrogen (secondary N) is 2. The largest absolute Gasteiger partial charge is 0.466 e. The molecule has 1 aromatic rings. The predicted molar refractivity (Wildman–Crippen MR) is 116 cm³/mol. The van der Waals surface area contributed by atoms with Crippen molar-refractivity contribution in [2.24, 2.45) is 0 Å². The molecule has 0 saturated heterocycles. The molecule has 0 saturated carbocycles. The van der Waals surface area contributed by atoms with E-state index < -0.39 is 29.8 Å². The van der Waals surface area contributed by atoms with E-state index in [-0.39, 0.29) is 19.6 Å². The predicted octanol–water partition coefficient (Wildman–Crippen LogP) is 3.39. The highest BCUT2D eigenvalue weighted by Gasteiger charge is 2.23. The van der Waals surface area contributed by atoms with Gasteiger partial charge in [0.05, 0.1) is 19.1 Å². The van der Waals surface area contributed by atoms with E-state index in [0.717, 1.165) is 23.4 Å². The number of unbranched alkanes of at least 4 members (excludes halogenated alkanes) is 1. The monoisotopic (exact) mass is 437 g/mol. The van der Waals surface area contributed by atoms with Gasteiger partial charge in [-0.3, -0.25) is 4.79 Å². The highest BCUT2D eigenvalue weighted by atomic mass is 16.6. The fourth-order valence-electron chi connectivity index (χ4n) is 2.37. The summed E-state index contributed by atoms with van der Waals surface area (Å²) in [5.41, 5.74) is 3.03. The van der Waals surface area contributed by atoms with Gasteiger partial charge in [0.15, 0.2) is 0 Å². The normalized spacial score (nSPS) is 11.9. The van der Waals surface area contributed by atoms with Gasteiger partial charge in [0, 0.05) is 13.6 Å². The van der Waals surface area contributed by atoms with Crippen molar-refractivity contribution in [3.63, 3.8) is 0 Å². The molecule has 0 fully saturated rings. The number of amides is 2. The molecule has 9 heteroatoms. The van der Waals surface area contributed by atoms with E-state index in [1.807, 2.05) is 37.3 Å². The summed E-state index contributed by atoms with van der Waals surface area (Å²) in [6.45, 7) is 7.79. The SMILES string of the molecule is CCCCOC(=O)C[C@H](CNN(C)C(=O)OCc1ccccc1)NC(=O)OC(C)(C)C. The molecule has 174 valence electrons. The molecule has 0 aliphatic heterocycles. The molecule has 0 aliphatic carbocycles. The smallest absolute Gasteiger partial charge is 0.424 e. The van der Waals surface area contributed by atoms with Crippen molar-refractivity contribution in [1.82, 2.24) is 15.8 Å². The number of alkyl carbamates (subject to hydrolysis) is 1. The number of esters is 1. The average Bonchev–Trinajstić information content (AvgIpc) is 2.69. The summed E-state index contributed by atoms with van der Waals surface area (Å²) in [5.74, 6) is -0.439. The van der Waals surface area contributed by atoms with Gasteiger partial charge < -0.3 is 19.5 Å². The van der Waals surface area contributed by atoms with Crippen molar-refractivity contribution < 1.29 is 28.6 Å². The molecule has 0 heterocycles. The van der Waals surface area contributed by atoms with Crippen molar-refractivity contribution in [2.45, 2.75) is 65.2 Å². The molecule has 0 unspecified atom stereocenters. The minimum atomic E-state index is -0.679. The number of carbonyl (C=O) groups is 3. The molecular formula is C22H35N3O6. The van der Waals surface area contributed by atoms with E-state index in [0.29, 0.717) is 6.61 Å². The minimum absolute atomic E-state index is 0.0666. The molecular weight excluding hydrogens is 402 g/mol. The number of nitrogens with zero attached hydrogens (tertiary/aromatic N) is 1. The zero-order chi connectivity index (χ0) is 23.3. The van der Waals surface area contributed by atoms with Crippen LogP contribution < -0.4 is 10.7 Å². The number of hydrogen-bond acceptors (Lipinski definition) is 7. The Morgan fingerprint density at radius 1 is 1.10 bits per heavy atom. The maximum absolute atomic E-state index is 12.2. The van der Waals surface area contributed by atoms with E-state index in [1.165, 1.54) is 7.05 Å². The van der Waals surface area contributed by atoms with E-state index in [9.17, 15) is 14.4 Å². The molecule has 1 aromatic carbocycles. The second-order valence-corrected chi connectivity index (χ2v) is 8.08. The van der Waals surface area contributed by atoms with Crippen LogP contribution in [0.1, 0.15) is 52.5 Å². The molecule has 2 amide bonds. The number of rotatable bonds is 11. The first-order valence-electron chi connectivity index (χ1n) is 10.4. The molecule has 0 aliphatic rings. The number of hydrazine groups is 1. The lowest BCUT2D eigenvalue weighted by Gasteiger charge is -2.25. The van der Waals surface area contributed by atoms with Crippen LogP contribution in [0.3, 0.4) is 0 Å². The molecule has 9 nitrogen and oxygen atoms in total. The van der Waals surface area contributed by atoms with Crippen molar-refractivity contribution in [1.29, 1.82) is 0 Å². The van der Waals surface area contributed by atoms with Gasteiger partial charge in [-0.2, -0.15) is 0 Å². The summed E-state index contributed by atoms with van der Waals surface area (Å²) in [7, 11) is 1.50. The zero-order valence-corrected chi connectivity index (χ0v) is 19.1. The molecule has 1 rings (SSSR count). The summed E-state index contributed by atoms with van der Waals surface area (Å²) >= 11 is 0. The Labute approximate surface area is 184 Å². The molecule has 0 spiro atoms. The Bertz CT molecular complexity index is 690. The van der Waals surface area contributed by atoms with Crippen molar-refractivity contribution >= 4 is 18.2 Å². The summed E-state index contributed by atoms with van der Waals surface area (Å²) in [4.78, 5) is 36.4. The lowest BCUT2D eigenvalue weighted by molar-refractivity contribution is -0.144. The van der Waals surface area contributed by atoms with E-state index in [2.05, 4.69) is 10.7 Å². The van der Waals surface area contributed by atoms with Gasteiger partial charge in [-0.05, 0) is 32.8 Å². The van der Waals surface area contributed by atoms with Gasteiger partial charge >= 0.3 is 18.2 Å². The summed E-state index contributed by atoms with van der Waals surface area (Å²) < 4.78 is 15.7. The number of carbonyl (C=O) groups excluding carboxylic acids is 3. The van der Waals surface area contributed by atoms with Crippen LogP contribution in [0.25, 0.3) is 0 Å². The summed E-state index contributed by atoms with van der Waals surface area (Å²) in [6, 6.07) is 8.66. The highest BCUT2D eigenvalue weighted by molar-refractivity contribution is 5.73. The van der Waals surface area contributed by atoms with Gasteiger partial charge in [-0.1, -0.05) is 43.7 Å². The number of benzene rings is 1. The van der Waals surface area contributed by atoms with Crippen LogP contribution in [-0.2, 0) is 25.6 Å². The van der Waals surface area contributed by atoms with Gasteiger partial charge in [-0.25, -0.2) is 20.0 Å². The van der Waals surface area contributed by atoms with Crippen LogP contribution in [0.4, 0.5) is 9.59 Å². The summed E-state index contributed by atoms with van der Waals surface area (Å²) in [6.07, 6.45) is 0.359. The second-order valence-electron chi connectivity index (χ2n) is 8.08. The second kappa shape index (κ2) is 13.5. The Kier molecular flexibility index (Phi) is 11.4.